The molecule has 0 bridgehead atoms. The maximum atomic E-state index is 6.07. The Morgan fingerprint density at radius 1 is 1.50 bits per heavy atom. The van der Waals surface area contributed by atoms with Gasteiger partial charge in [-0.05, 0) is 52.4 Å². The van der Waals surface area contributed by atoms with Gasteiger partial charge >= 0.3 is 0 Å². The monoisotopic (exact) mass is 331 g/mol. The van der Waals surface area contributed by atoms with Crippen LogP contribution in [0, 0.1) is 5.92 Å². The van der Waals surface area contributed by atoms with E-state index in [1.54, 1.807) is 0 Å². The molecule has 1 saturated heterocycles. The van der Waals surface area contributed by atoms with E-state index in [0.717, 1.165) is 35.6 Å². The van der Waals surface area contributed by atoms with E-state index in [1.807, 2.05) is 12.1 Å². The zero-order chi connectivity index (χ0) is 13.0. The van der Waals surface area contributed by atoms with Crippen LogP contribution in [0.4, 0.5) is 0 Å². The molecule has 2 nitrogen and oxygen atoms in total. The fourth-order valence-electron chi connectivity index (χ4n) is 2.43. The summed E-state index contributed by atoms with van der Waals surface area (Å²) < 4.78 is 6.63. The fraction of sp³-hybridized carbons (Fsp3) is 0.571. The number of halogens is 2. The van der Waals surface area contributed by atoms with Crippen molar-refractivity contribution in [1.29, 1.82) is 0 Å². The topological polar surface area (TPSA) is 21.3 Å². The van der Waals surface area contributed by atoms with Crippen LogP contribution in [0.5, 0.6) is 0 Å². The van der Waals surface area contributed by atoms with Crippen molar-refractivity contribution in [3.05, 3.63) is 33.3 Å². The molecule has 1 aliphatic rings. The van der Waals surface area contributed by atoms with Crippen molar-refractivity contribution in [2.45, 2.75) is 32.4 Å². The van der Waals surface area contributed by atoms with Gasteiger partial charge in [0, 0.05) is 24.2 Å². The molecule has 2 unspecified atom stereocenters. The zero-order valence-corrected chi connectivity index (χ0v) is 12.9. The van der Waals surface area contributed by atoms with Crippen LogP contribution in [0.1, 0.15) is 25.3 Å². The van der Waals surface area contributed by atoms with E-state index in [1.165, 1.54) is 12.0 Å². The van der Waals surface area contributed by atoms with Crippen molar-refractivity contribution >= 4 is 27.5 Å². The third kappa shape index (κ3) is 3.70. The smallest absolute Gasteiger partial charge is 0.0613 e. The largest absolute Gasteiger partial charge is 0.378 e. The van der Waals surface area contributed by atoms with Crippen LogP contribution in [0.15, 0.2) is 22.7 Å². The lowest BCUT2D eigenvalue weighted by Gasteiger charge is -2.17. The highest BCUT2D eigenvalue weighted by atomic mass is 79.9. The molecule has 0 radical (unpaired) electrons. The Bertz CT molecular complexity index is 399. The minimum absolute atomic E-state index is 0.436. The fourth-order valence-corrected chi connectivity index (χ4v) is 2.88. The van der Waals surface area contributed by atoms with Crippen LogP contribution in [0.25, 0.3) is 0 Å². The summed E-state index contributed by atoms with van der Waals surface area (Å²) in [6, 6.07) is 6.08. The van der Waals surface area contributed by atoms with Crippen LogP contribution in [0.3, 0.4) is 0 Å². The van der Waals surface area contributed by atoms with Gasteiger partial charge in [-0.3, -0.25) is 0 Å². The number of nitrogens with one attached hydrogen (secondary N) is 1. The molecule has 2 atom stereocenters. The summed E-state index contributed by atoms with van der Waals surface area (Å²) in [5.74, 6) is 0.654. The van der Waals surface area contributed by atoms with Crippen molar-refractivity contribution in [3.8, 4) is 0 Å². The Labute approximate surface area is 122 Å². The molecule has 0 spiro atoms. The highest BCUT2D eigenvalue weighted by Gasteiger charge is 2.25. The lowest BCUT2D eigenvalue weighted by Crippen LogP contribution is -2.27. The van der Waals surface area contributed by atoms with Gasteiger partial charge in [0.15, 0.2) is 0 Å². The quantitative estimate of drug-likeness (QED) is 0.879. The van der Waals surface area contributed by atoms with Crippen molar-refractivity contribution in [2.75, 3.05) is 13.2 Å². The number of ether oxygens (including phenoxy) is 1. The second kappa shape index (κ2) is 6.90. The molecule has 100 valence electrons. The van der Waals surface area contributed by atoms with E-state index in [-0.39, 0.29) is 0 Å². The summed E-state index contributed by atoms with van der Waals surface area (Å²) in [6.07, 6.45) is 2.72. The third-order valence-corrected chi connectivity index (χ3v) is 4.70. The first-order valence-corrected chi connectivity index (χ1v) is 7.64. The van der Waals surface area contributed by atoms with Crippen LogP contribution < -0.4 is 5.32 Å². The molecule has 2 rings (SSSR count). The summed E-state index contributed by atoms with van der Waals surface area (Å²) in [7, 11) is 0. The second-order valence-corrected chi connectivity index (χ2v) is 6.01. The Morgan fingerprint density at radius 3 is 3.06 bits per heavy atom. The summed E-state index contributed by atoms with van der Waals surface area (Å²) in [4.78, 5) is 0. The molecule has 1 aromatic rings. The van der Waals surface area contributed by atoms with E-state index in [4.69, 9.17) is 16.3 Å². The molecule has 18 heavy (non-hydrogen) atoms. The Morgan fingerprint density at radius 2 is 2.33 bits per heavy atom. The predicted molar refractivity (Wildman–Crippen MR) is 79.0 cm³/mol. The van der Waals surface area contributed by atoms with Gasteiger partial charge in [-0.15, -0.1) is 0 Å². The lowest BCUT2D eigenvalue weighted by molar-refractivity contribution is 0.0872. The maximum absolute atomic E-state index is 6.07. The number of hydrogen-bond donors (Lipinski definition) is 1. The SMILES string of the molecule is CCC1OCCC1CNCc1ccc(Br)c(Cl)c1. The molecule has 1 N–H and O–H groups in total. The Kier molecular flexibility index (Phi) is 5.49. The van der Waals surface area contributed by atoms with E-state index in [2.05, 4.69) is 34.2 Å². The van der Waals surface area contributed by atoms with E-state index < -0.39 is 0 Å². The summed E-state index contributed by atoms with van der Waals surface area (Å²) in [5.41, 5.74) is 1.22. The maximum Gasteiger partial charge on any atom is 0.0613 e. The van der Waals surface area contributed by atoms with Crippen molar-refractivity contribution in [3.63, 3.8) is 0 Å². The van der Waals surface area contributed by atoms with Crippen LogP contribution in [-0.2, 0) is 11.3 Å². The number of rotatable bonds is 5. The normalized spacial score (nSPS) is 23.5. The third-order valence-electron chi connectivity index (χ3n) is 3.47. The van der Waals surface area contributed by atoms with Gasteiger partial charge in [-0.25, -0.2) is 0 Å². The standard InChI is InChI=1S/C14H19BrClNO/c1-2-14-11(5-6-18-14)9-17-8-10-3-4-12(15)13(16)7-10/h3-4,7,11,14,17H,2,5-6,8-9H2,1H3. The zero-order valence-electron chi connectivity index (χ0n) is 10.6. The molecular weight excluding hydrogens is 314 g/mol. The van der Waals surface area contributed by atoms with Gasteiger partial charge in [-0.2, -0.15) is 0 Å². The first-order chi connectivity index (χ1) is 8.70. The van der Waals surface area contributed by atoms with Gasteiger partial charge in [0.2, 0.25) is 0 Å². The molecule has 1 heterocycles. The molecule has 4 heteroatoms. The molecule has 0 amide bonds. The number of hydrogen-bond acceptors (Lipinski definition) is 2. The van der Waals surface area contributed by atoms with Crippen LogP contribution in [-0.4, -0.2) is 19.3 Å². The van der Waals surface area contributed by atoms with E-state index in [9.17, 15) is 0 Å². The molecule has 0 aliphatic carbocycles. The van der Waals surface area contributed by atoms with Crippen LogP contribution >= 0.6 is 27.5 Å². The van der Waals surface area contributed by atoms with Crippen molar-refractivity contribution < 1.29 is 4.74 Å². The predicted octanol–water partition coefficient (Wildman–Crippen LogP) is 4.01. The average molecular weight is 333 g/mol. The van der Waals surface area contributed by atoms with Crippen molar-refractivity contribution in [2.24, 2.45) is 5.92 Å². The Hall–Kier alpha value is -0.0900. The van der Waals surface area contributed by atoms with Gasteiger partial charge in [0.05, 0.1) is 11.1 Å². The molecule has 1 aromatic carbocycles. The second-order valence-electron chi connectivity index (χ2n) is 4.75. The van der Waals surface area contributed by atoms with Gasteiger partial charge in [0.25, 0.3) is 0 Å². The average Bonchev–Trinajstić information content (AvgIpc) is 2.81. The number of benzene rings is 1. The minimum Gasteiger partial charge on any atom is -0.378 e. The molecule has 1 aliphatic heterocycles. The summed E-state index contributed by atoms with van der Waals surface area (Å²) in [5, 5.41) is 4.27. The molecule has 0 aromatic heterocycles. The summed E-state index contributed by atoms with van der Waals surface area (Å²) >= 11 is 9.47. The molecule has 1 fully saturated rings. The molecule has 0 saturated carbocycles. The highest BCUT2D eigenvalue weighted by molar-refractivity contribution is 9.10. The Balaban J connectivity index is 1.79. The van der Waals surface area contributed by atoms with Crippen molar-refractivity contribution in [1.82, 2.24) is 5.32 Å². The first kappa shape index (κ1) is 14.3. The lowest BCUT2D eigenvalue weighted by atomic mass is 9.99. The minimum atomic E-state index is 0.436. The highest BCUT2D eigenvalue weighted by Crippen LogP contribution is 2.24. The first-order valence-electron chi connectivity index (χ1n) is 6.47. The van der Waals surface area contributed by atoms with E-state index in [0.29, 0.717) is 12.0 Å². The van der Waals surface area contributed by atoms with E-state index >= 15 is 0 Å². The van der Waals surface area contributed by atoms with Gasteiger partial charge in [0.1, 0.15) is 0 Å². The molecular formula is C14H19BrClNO. The van der Waals surface area contributed by atoms with Crippen LogP contribution in [0.2, 0.25) is 5.02 Å². The van der Waals surface area contributed by atoms with Gasteiger partial charge < -0.3 is 10.1 Å². The summed E-state index contributed by atoms with van der Waals surface area (Å²) in [6.45, 7) is 4.98. The van der Waals surface area contributed by atoms with Gasteiger partial charge in [-0.1, -0.05) is 24.6 Å².